The predicted octanol–water partition coefficient (Wildman–Crippen LogP) is 0.131. The van der Waals surface area contributed by atoms with E-state index in [9.17, 15) is 20.1 Å². The first kappa shape index (κ1) is 13.5. The van der Waals surface area contributed by atoms with Gasteiger partial charge in [-0.2, -0.15) is 0 Å². The lowest BCUT2D eigenvalue weighted by Gasteiger charge is -2.47. The zero-order valence-corrected chi connectivity index (χ0v) is 10.9. The van der Waals surface area contributed by atoms with E-state index in [4.69, 9.17) is 4.74 Å². The van der Waals surface area contributed by atoms with E-state index >= 15 is 0 Å². The summed E-state index contributed by atoms with van der Waals surface area (Å²) in [6.45, 7) is 4.77. The van der Waals surface area contributed by atoms with E-state index in [1.165, 1.54) is 12.2 Å². The molecule has 0 unspecified atom stereocenters. The van der Waals surface area contributed by atoms with Crippen LogP contribution in [0.4, 0.5) is 0 Å². The normalized spacial score (nSPS) is 49.4. The Morgan fingerprint density at radius 2 is 2.06 bits per heavy atom. The van der Waals surface area contributed by atoms with E-state index < -0.39 is 34.8 Å². The molecule has 1 saturated heterocycles. The van der Waals surface area contributed by atoms with Crippen molar-refractivity contribution in [1.29, 1.82) is 0 Å². The molecule has 102 valence electrons. The van der Waals surface area contributed by atoms with Gasteiger partial charge in [-0.15, -0.1) is 0 Å². The van der Waals surface area contributed by atoms with Gasteiger partial charge in [0.15, 0.2) is 0 Å². The second-order valence-electron chi connectivity index (χ2n) is 5.88. The number of rotatable bonds is 2. The molecule has 2 fully saturated rings. The van der Waals surface area contributed by atoms with Crippen molar-refractivity contribution in [2.24, 2.45) is 5.41 Å². The Morgan fingerprint density at radius 1 is 1.44 bits per heavy atom. The SMILES string of the molecule is C[C@@H](O)/C=C/[C@@]1(O)[C@@]2(C)C[C@@H](O)C[C@]1(C)C(=O)O2. The number of hydrogen-bond acceptors (Lipinski definition) is 5. The van der Waals surface area contributed by atoms with E-state index in [2.05, 4.69) is 0 Å². The Hall–Kier alpha value is -0.910. The number of fused-ring (bicyclic) bond motifs is 2. The highest BCUT2D eigenvalue weighted by atomic mass is 16.6. The molecule has 0 aromatic heterocycles. The summed E-state index contributed by atoms with van der Waals surface area (Å²) in [5.41, 5.74) is -3.83. The molecule has 1 aliphatic heterocycles. The fourth-order valence-electron chi connectivity index (χ4n) is 3.20. The Kier molecular flexibility index (Phi) is 2.85. The van der Waals surface area contributed by atoms with E-state index in [1.807, 2.05) is 0 Å². The van der Waals surface area contributed by atoms with E-state index in [0.717, 1.165) is 0 Å². The molecule has 5 heteroatoms. The summed E-state index contributed by atoms with van der Waals surface area (Å²) >= 11 is 0. The highest BCUT2D eigenvalue weighted by Crippen LogP contribution is 2.58. The second kappa shape index (κ2) is 3.79. The molecule has 0 aromatic rings. The molecule has 3 N–H and O–H groups in total. The molecular weight excluding hydrogens is 236 g/mol. The van der Waals surface area contributed by atoms with E-state index in [1.54, 1.807) is 20.8 Å². The largest absolute Gasteiger partial charge is 0.455 e. The molecule has 2 aliphatic rings. The Bertz CT molecular complexity index is 404. The molecule has 2 bridgehead atoms. The number of carbonyl (C=O) groups is 1. The third-order valence-corrected chi connectivity index (χ3v) is 4.30. The lowest BCUT2D eigenvalue weighted by Crippen LogP contribution is -2.61. The van der Waals surface area contributed by atoms with Gasteiger partial charge in [0.05, 0.1) is 12.2 Å². The lowest BCUT2D eigenvalue weighted by atomic mass is 9.59. The number of hydrogen-bond donors (Lipinski definition) is 3. The van der Waals surface area contributed by atoms with E-state index in [-0.39, 0.29) is 12.8 Å². The van der Waals surface area contributed by atoms with Crippen LogP contribution in [0.25, 0.3) is 0 Å². The quantitative estimate of drug-likeness (QED) is 0.483. The Morgan fingerprint density at radius 3 is 2.56 bits per heavy atom. The molecule has 5 atom stereocenters. The molecule has 1 aliphatic carbocycles. The van der Waals surface area contributed by atoms with Gasteiger partial charge in [-0.3, -0.25) is 4.79 Å². The van der Waals surface area contributed by atoms with Gasteiger partial charge in [-0.25, -0.2) is 0 Å². The Labute approximate surface area is 106 Å². The van der Waals surface area contributed by atoms with Crippen LogP contribution < -0.4 is 0 Å². The molecular formula is C13H20O5. The van der Waals surface area contributed by atoms with Crippen molar-refractivity contribution in [3.05, 3.63) is 12.2 Å². The average Bonchev–Trinajstić information content (AvgIpc) is 2.31. The van der Waals surface area contributed by atoms with Crippen molar-refractivity contribution in [3.63, 3.8) is 0 Å². The van der Waals surface area contributed by atoms with Gasteiger partial charge in [0.2, 0.25) is 0 Å². The van der Waals surface area contributed by atoms with Gasteiger partial charge in [-0.05, 0) is 33.3 Å². The van der Waals surface area contributed by atoms with Crippen molar-refractivity contribution in [2.75, 3.05) is 0 Å². The number of aliphatic hydroxyl groups is 3. The predicted molar refractivity (Wildman–Crippen MR) is 63.6 cm³/mol. The molecule has 1 saturated carbocycles. The van der Waals surface area contributed by atoms with Crippen LogP contribution in [-0.4, -0.2) is 44.7 Å². The molecule has 0 amide bonds. The van der Waals surface area contributed by atoms with Crippen LogP contribution in [0.1, 0.15) is 33.6 Å². The molecule has 2 rings (SSSR count). The monoisotopic (exact) mass is 256 g/mol. The third-order valence-electron chi connectivity index (χ3n) is 4.30. The maximum atomic E-state index is 12.0. The summed E-state index contributed by atoms with van der Waals surface area (Å²) in [7, 11) is 0. The van der Waals surface area contributed by atoms with Crippen LogP contribution in [-0.2, 0) is 9.53 Å². The number of esters is 1. The van der Waals surface area contributed by atoms with Crippen LogP contribution in [0.15, 0.2) is 12.2 Å². The molecule has 0 radical (unpaired) electrons. The fourth-order valence-corrected chi connectivity index (χ4v) is 3.20. The molecule has 1 heterocycles. The summed E-state index contributed by atoms with van der Waals surface area (Å²) in [5, 5.41) is 30.0. The van der Waals surface area contributed by atoms with Crippen molar-refractivity contribution in [3.8, 4) is 0 Å². The van der Waals surface area contributed by atoms with Gasteiger partial charge in [0, 0.05) is 6.42 Å². The van der Waals surface area contributed by atoms with Crippen molar-refractivity contribution < 1.29 is 24.9 Å². The van der Waals surface area contributed by atoms with Gasteiger partial charge in [0.25, 0.3) is 0 Å². The van der Waals surface area contributed by atoms with Crippen LogP contribution in [0.2, 0.25) is 0 Å². The third kappa shape index (κ3) is 1.54. The standard InChI is InChI=1S/C13H20O5/c1-8(14)4-5-13(17)11(2)6-9(15)7-12(13,3)18-10(11)16/h4-5,8-9,14-15,17H,6-7H2,1-3H3/b5-4+/t8-,9+,11-,12-,13+/m1/s1. The lowest BCUT2D eigenvalue weighted by molar-refractivity contribution is -0.156. The zero-order chi connectivity index (χ0) is 13.8. The number of ether oxygens (including phenoxy) is 1. The highest BCUT2D eigenvalue weighted by molar-refractivity contribution is 5.83. The maximum absolute atomic E-state index is 12.0. The van der Waals surface area contributed by atoms with Crippen molar-refractivity contribution in [2.45, 2.75) is 57.0 Å². The van der Waals surface area contributed by atoms with Crippen LogP contribution in [0, 0.1) is 5.41 Å². The zero-order valence-electron chi connectivity index (χ0n) is 10.9. The van der Waals surface area contributed by atoms with Crippen LogP contribution in [0.3, 0.4) is 0 Å². The molecule has 0 aromatic carbocycles. The molecule has 18 heavy (non-hydrogen) atoms. The summed E-state index contributed by atoms with van der Waals surface area (Å²) in [6, 6.07) is 0. The van der Waals surface area contributed by atoms with Crippen molar-refractivity contribution >= 4 is 5.97 Å². The summed E-state index contributed by atoms with van der Waals surface area (Å²) in [6.07, 6.45) is 1.83. The maximum Gasteiger partial charge on any atom is 0.315 e. The second-order valence-corrected chi connectivity index (χ2v) is 5.88. The minimum atomic E-state index is -1.51. The minimum absolute atomic E-state index is 0.155. The van der Waals surface area contributed by atoms with Gasteiger partial charge in [-0.1, -0.05) is 6.08 Å². The van der Waals surface area contributed by atoms with E-state index in [0.29, 0.717) is 0 Å². The molecule has 0 spiro atoms. The minimum Gasteiger partial charge on any atom is -0.455 e. The number of carbonyl (C=O) groups excluding carboxylic acids is 1. The van der Waals surface area contributed by atoms with Gasteiger partial charge >= 0.3 is 5.97 Å². The smallest absolute Gasteiger partial charge is 0.315 e. The fraction of sp³-hybridized carbons (Fsp3) is 0.769. The Balaban J connectivity index is 2.49. The first-order chi connectivity index (χ1) is 8.15. The highest BCUT2D eigenvalue weighted by Gasteiger charge is 2.72. The summed E-state index contributed by atoms with van der Waals surface area (Å²) in [4.78, 5) is 12.0. The number of aliphatic hydroxyl groups excluding tert-OH is 2. The average molecular weight is 256 g/mol. The van der Waals surface area contributed by atoms with Gasteiger partial charge < -0.3 is 20.1 Å². The summed E-state index contributed by atoms with van der Waals surface area (Å²) in [5.74, 6) is -0.501. The van der Waals surface area contributed by atoms with Crippen molar-refractivity contribution in [1.82, 2.24) is 0 Å². The summed E-state index contributed by atoms with van der Waals surface area (Å²) < 4.78 is 5.31. The molecule has 5 nitrogen and oxygen atoms in total. The van der Waals surface area contributed by atoms with Crippen LogP contribution >= 0.6 is 0 Å². The topological polar surface area (TPSA) is 87.0 Å². The van der Waals surface area contributed by atoms with Crippen LogP contribution in [0.5, 0.6) is 0 Å². The van der Waals surface area contributed by atoms with Gasteiger partial charge in [0.1, 0.15) is 16.6 Å². The first-order valence-electron chi connectivity index (χ1n) is 6.16. The first-order valence-corrected chi connectivity index (χ1v) is 6.16.